The van der Waals surface area contributed by atoms with E-state index in [0.717, 1.165) is 12.8 Å². The van der Waals surface area contributed by atoms with E-state index < -0.39 is 31.2 Å². The monoisotopic (exact) mass is 309 g/mol. The van der Waals surface area contributed by atoms with Gasteiger partial charge in [0.05, 0.1) is 22.8 Å². The van der Waals surface area contributed by atoms with Crippen LogP contribution in [0.25, 0.3) is 0 Å². The van der Waals surface area contributed by atoms with E-state index in [1.807, 2.05) is 0 Å². The Morgan fingerprint density at radius 1 is 1.21 bits per heavy atom. The summed E-state index contributed by atoms with van der Waals surface area (Å²) in [6.45, 7) is 0. The number of amidine groups is 1. The summed E-state index contributed by atoms with van der Waals surface area (Å²) in [7, 11) is -6.70. The largest absolute Gasteiger partial charge is 0.386 e. The summed E-state index contributed by atoms with van der Waals surface area (Å²) in [4.78, 5) is 0. The fraction of sp³-hybridized carbons (Fsp3) is 0.900. The molecule has 2 rings (SSSR count). The number of hydrogen-bond donors (Lipinski definition) is 3. The van der Waals surface area contributed by atoms with Crippen LogP contribution < -0.4 is 10.5 Å². The van der Waals surface area contributed by atoms with Gasteiger partial charge >= 0.3 is 0 Å². The standard InChI is InChI=1S/C10H19N3O4S2/c11-10(12)9(7-1-2-7)13-19(16,17)8-3-5-18(14,15)6-4-8/h7-9,13H,1-6H2,(H3,11,12). The van der Waals surface area contributed by atoms with E-state index in [2.05, 4.69) is 4.72 Å². The Balaban J connectivity index is 2.04. The van der Waals surface area contributed by atoms with Crippen LogP contribution in [-0.4, -0.2) is 45.5 Å². The fourth-order valence-electron chi connectivity index (χ4n) is 2.30. The van der Waals surface area contributed by atoms with Gasteiger partial charge in [0.1, 0.15) is 15.7 Å². The van der Waals surface area contributed by atoms with Gasteiger partial charge in [-0.05, 0) is 31.6 Å². The zero-order valence-corrected chi connectivity index (χ0v) is 12.1. The summed E-state index contributed by atoms with van der Waals surface area (Å²) in [5.41, 5.74) is 5.42. The highest BCUT2D eigenvalue weighted by atomic mass is 32.2. The highest BCUT2D eigenvalue weighted by Crippen LogP contribution is 2.33. The molecular formula is C10H19N3O4S2. The molecule has 19 heavy (non-hydrogen) atoms. The van der Waals surface area contributed by atoms with Crippen LogP contribution in [0.15, 0.2) is 0 Å². The highest BCUT2D eigenvalue weighted by Gasteiger charge is 2.39. The molecule has 1 heterocycles. The first-order valence-electron chi connectivity index (χ1n) is 6.27. The first-order valence-corrected chi connectivity index (χ1v) is 9.63. The minimum absolute atomic E-state index is 0.0905. The van der Waals surface area contributed by atoms with Crippen molar-refractivity contribution in [2.75, 3.05) is 11.5 Å². The molecule has 1 aliphatic heterocycles. The molecule has 0 bridgehead atoms. The van der Waals surface area contributed by atoms with Gasteiger partial charge < -0.3 is 5.73 Å². The van der Waals surface area contributed by atoms with Crippen molar-refractivity contribution in [1.82, 2.24) is 4.72 Å². The van der Waals surface area contributed by atoms with Crippen molar-refractivity contribution in [3.05, 3.63) is 0 Å². The van der Waals surface area contributed by atoms with Gasteiger partial charge in [-0.25, -0.2) is 21.6 Å². The lowest BCUT2D eigenvalue weighted by Crippen LogP contribution is -2.50. The second-order valence-electron chi connectivity index (χ2n) is 5.28. The summed E-state index contributed by atoms with van der Waals surface area (Å²) < 4.78 is 49.5. The normalized spacial score (nSPS) is 25.9. The van der Waals surface area contributed by atoms with Crippen molar-refractivity contribution >= 4 is 25.7 Å². The summed E-state index contributed by atoms with van der Waals surface area (Å²) in [6, 6.07) is -0.636. The minimum Gasteiger partial charge on any atom is -0.386 e. The molecule has 1 atom stereocenters. The fourth-order valence-corrected chi connectivity index (χ4v) is 5.81. The summed E-state index contributed by atoms with van der Waals surface area (Å²) in [5.74, 6) is -0.242. The quantitative estimate of drug-likeness (QED) is 0.452. The molecule has 4 N–H and O–H groups in total. The van der Waals surface area contributed by atoms with Gasteiger partial charge in [-0.1, -0.05) is 0 Å². The number of sulfone groups is 1. The second-order valence-corrected chi connectivity index (χ2v) is 9.58. The molecule has 2 aliphatic rings. The Labute approximate surface area is 113 Å². The Morgan fingerprint density at radius 2 is 1.74 bits per heavy atom. The molecule has 0 radical (unpaired) electrons. The highest BCUT2D eigenvalue weighted by molar-refractivity contribution is 7.92. The van der Waals surface area contributed by atoms with Crippen LogP contribution >= 0.6 is 0 Å². The predicted octanol–water partition coefficient (Wildman–Crippen LogP) is -0.802. The lowest BCUT2D eigenvalue weighted by atomic mass is 10.2. The van der Waals surface area contributed by atoms with Gasteiger partial charge in [0, 0.05) is 0 Å². The topological polar surface area (TPSA) is 130 Å². The Bertz CT molecular complexity index is 552. The average Bonchev–Trinajstić information content (AvgIpc) is 3.08. The third kappa shape index (κ3) is 3.67. The molecular weight excluding hydrogens is 290 g/mol. The van der Waals surface area contributed by atoms with Crippen LogP contribution in [0.2, 0.25) is 0 Å². The van der Waals surface area contributed by atoms with Gasteiger partial charge in [0.15, 0.2) is 0 Å². The molecule has 0 amide bonds. The lowest BCUT2D eigenvalue weighted by Gasteiger charge is -2.25. The molecule has 2 fully saturated rings. The van der Waals surface area contributed by atoms with Gasteiger partial charge in [0.25, 0.3) is 0 Å². The third-order valence-electron chi connectivity index (χ3n) is 3.66. The van der Waals surface area contributed by atoms with Crippen LogP contribution in [-0.2, 0) is 19.9 Å². The first-order chi connectivity index (χ1) is 8.71. The van der Waals surface area contributed by atoms with E-state index >= 15 is 0 Å². The van der Waals surface area contributed by atoms with Crippen LogP contribution in [0, 0.1) is 11.3 Å². The van der Waals surface area contributed by atoms with E-state index in [1.54, 1.807) is 0 Å². The molecule has 1 saturated carbocycles. The van der Waals surface area contributed by atoms with Crippen molar-refractivity contribution in [3.8, 4) is 0 Å². The van der Waals surface area contributed by atoms with E-state index in [1.165, 1.54) is 0 Å². The first kappa shape index (κ1) is 14.7. The van der Waals surface area contributed by atoms with Gasteiger partial charge in [-0.3, -0.25) is 5.41 Å². The second kappa shape index (κ2) is 5.02. The van der Waals surface area contributed by atoms with Crippen molar-refractivity contribution in [3.63, 3.8) is 0 Å². The Kier molecular flexibility index (Phi) is 3.90. The van der Waals surface area contributed by atoms with Crippen LogP contribution in [0.1, 0.15) is 25.7 Å². The zero-order valence-electron chi connectivity index (χ0n) is 10.5. The molecule has 0 aromatic carbocycles. The number of hydrogen-bond acceptors (Lipinski definition) is 5. The van der Waals surface area contributed by atoms with E-state index in [-0.39, 0.29) is 36.1 Å². The third-order valence-corrected chi connectivity index (χ3v) is 7.31. The van der Waals surface area contributed by atoms with E-state index in [0.29, 0.717) is 0 Å². The summed E-state index contributed by atoms with van der Waals surface area (Å²) in [6.07, 6.45) is 1.97. The lowest BCUT2D eigenvalue weighted by molar-refractivity contribution is 0.531. The number of rotatable bonds is 5. The van der Waals surface area contributed by atoms with Crippen molar-refractivity contribution < 1.29 is 16.8 Å². The van der Waals surface area contributed by atoms with Gasteiger partial charge in [-0.2, -0.15) is 0 Å². The predicted molar refractivity (Wildman–Crippen MR) is 72.2 cm³/mol. The SMILES string of the molecule is N=C(N)C(NS(=O)(=O)C1CCS(=O)(=O)CC1)C1CC1. The minimum atomic E-state index is -3.62. The van der Waals surface area contributed by atoms with Crippen molar-refractivity contribution in [1.29, 1.82) is 5.41 Å². The van der Waals surface area contributed by atoms with Crippen LogP contribution in [0.4, 0.5) is 0 Å². The van der Waals surface area contributed by atoms with E-state index in [9.17, 15) is 16.8 Å². The molecule has 1 aliphatic carbocycles. The Morgan fingerprint density at radius 3 is 2.16 bits per heavy atom. The van der Waals surface area contributed by atoms with Crippen molar-refractivity contribution in [2.45, 2.75) is 37.0 Å². The van der Waals surface area contributed by atoms with Gasteiger partial charge in [0.2, 0.25) is 10.0 Å². The molecule has 9 heteroatoms. The Hall–Kier alpha value is -0.670. The zero-order chi connectivity index (χ0) is 14.3. The summed E-state index contributed by atoms with van der Waals surface area (Å²) >= 11 is 0. The molecule has 0 aromatic heterocycles. The maximum absolute atomic E-state index is 12.2. The molecule has 1 saturated heterocycles. The molecule has 0 aromatic rings. The number of nitrogens with two attached hydrogens (primary N) is 1. The smallest absolute Gasteiger partial charge is 0.215 e. The van der Waals surface area contributed by atoms with Gasteiger partial charge in [-0.15, -0.1) is 0 Å². The maximum atomic E-state index is 12.2. The molecule has 0 spiro atoms. The van der Waals surface area contributed by atoms with E-state index in [4.69, 9.17) is 11.1 Å². The molecule has 7 nitrogen and oxygen atoms in total. The van der Waals surface area contributed by atoms with Crippen LogP contribution in [0.5, 0.6) is 0 Å². The number of sulfonamides is 1. The average molecular weight is 309 g/mol. The summed E-state index contributed by atoms with van der Waals surface area (Å²) in [5, 5.41) is 6.74. The molecule has 110 valence electrons. The van der Waals surface area contributed by atoms with Crippen LogP contribution in [0.3, 0.4) is 0 Å². The van der Waals surface area contributed by atoms with Crippen molar-refractivity contribution in [2.24, 2.45) is 11.7 Å². The maximum Gasteiger partial charge on any atom is 0.215 e. The molecule has 1 unspecified atom stereocenters. The number of nitrogens with one attached hydrogen (secondary N) is 2.